The van der Waals surface area contributed by atoms with Crippen LogP contribution in [-0.4, -0.2) is 37.6 Å². The number of sulfone groups is 1. The molecule has 2 aromatic carbocycles. The Labute approximate surface area is 175 Å². The van der Waals surface area contributed by atoms with Crippen molar-refractivity contribution in [3.63, 3.8) is 0 Å². The van der Waals surface area contributed by atoms with Gasteiger partial charge in [0, 0.05) is 25.4 Å². The molecule has 29 heavy (non-hydrogen) atoms. The normalized spacial score (nSPS) is 12.7. The van der Waals surface area contributed by atoms with Crippen LogP contribution in [0.3, 0.4) is 0 Å². The maximum atomic E-state index is 13.2. The van der Waals surface area contributed by atoms with Crippen LogP contribution >= 0.6 is 12.4 Å². The maximum Gasteiger partial charge on any atom is 0.419 e. The summed E-state index contributed by atoms with van der Waals surface area (Å²) >= 11 is 0. The Morgan fingerprint density at radius 3 is 2.45 bits per heavy atom. The molecular weight excluding hydrogens is 419 g/mol. The van der Waals surface area contributed by atoms with E-state index >= 15 is 0 Å². The van der Waals surface area contributed by atoms with Crippen LogP contribution in [0.15, 0.2) is 51.7 Å². The minimum atomic E-state index is -3.00. The molecule has 158 valence electrons. The summed E-state index contributed by atoms with van der Waals surface area (Å²) in [5.74, 6) is -0.663. The van der Waals surface area contributed by atoms with Crippen molar-refractivity contribution >= 4 is 33.3 Å². The average molecular weight is 443 g/mol. The molecule has 0 saturated carbocycles. The Bertz CT molecular complexity index is 1120. The summed E-state index contributed by atoms with van der Waals surface area (Å²) in [5, 5.41) is 3.15. The van der Waals surface area contributed by atoms with Gasteiger partial charge in [0.15, 0.2) is 5.58 Å². The fraction of sp³-hybridized carbons (Fsp3) is 0.350. The van der Waals surface area contributed by atoms with Crippen molar-refractivity contribution in [3.05, 3.63) is 58.8 Å². The summed E-state index contributed by atoms with van der Waals surface area (Å²) in [5.41, 5.74) is 2.88. The predicted molar refractivity (Wildman–Crippen MR) is 115 cm³/mol. The van der Waals surface area contributed by atoms with E-state index in [9.17, 15) is 17.6 Å². The number of rotatable bonds is 8. The smallest absolute Gasteiger partial charge is 0.408 e. The van der Waals surface area contributed by atoms with Crippen molar-refractivity contribution in [2.45, 2.75) is 25.9 Å². The average Bonchev–Trinajstić information content (AvgIpc) is 2.94. The zero-order valence-corrected chi connectivity index (χ0v) is 17.9. The molecule has 1 N–H and O–H groups in total. The third-order valence-electron chi connectivity index (χ3n) is 4.60. The van der Waals surface area contributed by atoms with Crippen LogP contribution in [0.25, 0.3) is 22.2 Å². The first kappa shape index (κ1) is 23.1. The van der Waals surface area contributed by atoms with E-state index in [1.165, 1.54) is 18.4 Å². The lowest BCUT2D eigenvalue weighted by Gasteiger charge is -2.13. The van der Waals surface area contributed by atoms with Crippen molar-refractivity contribution in [1.82, 2.24) is 9.88 Å². The summed E-state index contributed by atoms with van der Waals surface area (Å²) in [6.07, 6.45) is 1.84. The Morgan fingerprint density at radius 2 is 1.79 bits per heavy atom. The van der Waals surface area contributed by atoms with Gasteiger partial charge in [-0.3, -0.25) is 4.57 Å². The summed E-state index contributed by atoms with van der Waals surface area (Å²) in [4.78, 5) is 12.2. The van der Waals surface area contributed by atoms with Crippen molar-refractivity contribution in [2.75, 3.05) is 18.6 Å². The standard InChI is InChI=1S/C20H23FN2O4S.ClH/c1-14(22-10-12-28(2,25)26)9-11-23-18-13-16(5-8-19(18)27-20(23)24)15-3-6-17(21)7-4-15;/h3-8,13-14,22H,9-12H2,1-2H3;1H. The molecule has 0 radical (unpaired) electrons. The van der Waals surface area contributed by atoms with E-state index in [0.717, 1.165) is 11.1 Å². The largest absolute Gasteiger partial charge is 0.419 e. The van der Waals surface area contributed by atoms with Gasteiger partial charge in [0.25, 0.3) is 0 Å². The molecular formula is C20H24ClFN2O4S. The number of nitrogens with one attached hydrogen (secondary N) is 1. The van der Waals surface area contributed by atoms with Gasteiger partial charge in [-0.1, -0.05) is 18.2 Å². The zero-order chi connectivity index (χ0) is 20.3. The molecule has 0 aliphatic rings. The van der Waals surface area contributed by atoms with Gasteiger partial charge in [-0.15, -0.1) is 12.4 Å². The molecule has 6 nitrogen and oxygen atoms in total. The Hall–Kier alpha value is -2.16. The fourth-order valence-electron chi connectivity index (χ4n) is 3.01. The summed E-state index contributed by atoms with van der Waals surface area (Å²) in [6, 6.07) is 11.6. The summed E-state index contributed by atoms with van der Waals surface area (Å²) in [7, 11) is -3.00. The van der Waals surface area contributed by atoms with Crippen LogP contribution < -0.4 is 11.1 Å². The molecule has 3 aromatic rings. The van der Waals surface area contributed by atoms with Gasteiger partial charge in [-0.2, -0.15) is 0 Å². The highest BCUT2D eigenvalue weighted by Crippen LogP contribution is 2.24. The highest BCUT2D eigenvalue weighted by atomic mass is 35.5. The first-order valence-electron chi connectivity index (χ1n) is 9.03. The molecule has 0 spiro atoms. The summed E-state index contributed by atoms with van der Waals surface area (Å²) in [6.45, 7) is 2.75. The monoisotopic (exact) mass is 442 g/mol. The Balaban J connectivity index is 0.00000300. The Morgan fingerprint density at radius 1 is 1.14 bits per heavy atom. The molecule has 0 aliphatic carbocycles. The number of halogens is 2. The molecule has 0 bridgehead atoms. The number of aromatic nitrogens is 1. The molecule has 1 unspecified atom stereocenters. The van der Waals surface area contributed by atoms with Crippen LogP contribution in [0.1, 0.15) is 13.3 Å². The molecule has 0 aliphatic heterocycles. The van der Waals surface area contributed by atoms with Gasteiger partial charge in [0.05, 0.1) is 11.3 Å². The van der Waals surface area contributed by atoms with E-state index in [1.807, 2.05) is 19.1 Å². The molecule has 1 aromatic heterocycles. The van der Waals surface area contributed by atoms with E-state index in [1.54, 1.807) is 22.8 Å². The minimum Gasteiger partial charge on any atom is -0.408 e. The van der Waals surface area contributed by atoms with Gasteiger partial charge in [0.2, 0.25) is 0 Å². The van der Waals surface area contributed by atoms with E-state index in [0.29, 0.717) is 30.6 Å². The van der Waals surface area contributed by atoms with Crippen LogP contribution in [0, 0.1) is 5.82 Å². The van der Waals surface area contributed by atoms with Gasteiger partial charge >= 0.3 is 5.76 Å². The van der Waals surface area contributed by atoms with Crippen LogP contribution in [0.5, 0.6) is 0 Å². The second-order valence-electron chi connectivity index (χ2n) is 6.98. The van der Waals surface area contributed by atoms with Crippen LogP contribution in [0.2, 0.25) is 0 Å². The van der Waals surface area contributed by atoms with Gasteiger partial charge in [0.1, 0.15) is 15.7 Å². The van der Waals surface area contributed by atoms with E-state index in [2.05, 4.69) is 5.32 Å². The van der Waals surface area contributed by atoms with Gasteiger partial charge in [-0.25, -0.2) is 17.6 Å². The SMILES string of the molecule is CC(CCn1c(=O)oc2ccc(-c3ccc(F)cc3)cc21)NCCS(C)(=O)=O.Cl. The van der Waals surface area contributed by atoms with Crippen LogP contribution in [-0.2, 0) is 16.4 Å². The number of hydrogen-bond donors (Lipinski definition) is 1. The number of oxazole rings is 1. The number of nitrogens with zero attached hydrogens (tertiary/aromatic N) is 1. The van der Waals surface area contributed by atoms with Crippen molar-refractivity contribution in [2.24, 2.45) is 0 Å². The molecule has 1 atom stereocenters. The molecule has 9 heteroatoms. The molecule has 0 fully saturated rings. The topological polar surface area (TPSA) is 81.3 Å². The lowest BCUT2D eigenvalue weighted by molar-refractivity contribution is 0.454. The number of fused-ring (bicyclic) bond motifs is 1. The maximum absolute atomic E-state index is 13.2. The van der Waals surface area contributed by atoms with E-state index in [-0.39, 0.29) is 30.0 Å². The second-order valence-corrected chi connectivity index (χ2v) is 9.24. The Kier molecular flexibility index (Phi) is 7.62. The van der Waals surface area contributed by atoms with Gasteiger partial charge < -0.3 is 9.73 Å². The zero-order valence-electron chi connectivity index (χ0n) is 16.2. The highest BCUT2D eigenvalue weighted by molar-refractivity contribution is 7.90. The fourth-order valence-corrected chi connectivity index (χ4v) is 3.50. The van der Waals surface area contributed by atoms with E-state index in [4.69, 9.17) is 4.42 Å². The third kappa shape index (κ3) is 6.16. The number of benzene rings is 2. The molecule has 3 rings (SSSR count). The molecule has 0 saturated heterocycles. The number of hydrogen-bond acceptors (Lipinski definition) is 5. The van der Waals surface area contributed by atoms with Crippen LogP contribution in [0.4, 0.5) is 4.39 Å². The predicted octanol–water partition coefficient (Wildman–Crippen LogP) is 3.24. The van der Waals surface area contributed by atoms with Gasteiger partial charge in [-0.05, 0) is 48.7 Å². The van der Waals surface area contributed by atoms with Crippen molar-refractivity contribution in [3.8, 4) is 11.1 Å². The van der Waals surface area contributed by atoms with E-state index < -0.39 is 15.6 Å². The molecule has 1 heterocycles. The quantitative estimate of drug-likeness (QED) is 0.579. The first-order chi connectivity index (χ1) is 13.2. The highest BCUT2D eigenvalue weighted by Gasteiger charge is 2.12. The number of aryl methyl sites for hydroxylation is 1. The second kappa shape index (κ2) is 9.56. The molecule has 0 amide bonds. The first-order valence-corrected chi connectivity index (χ1v) is 11.1. The lowest BCUT2D eigenvalue weighted by Crippen LogP contribution is -2.32. The minimum absolute atomic E-state index is 0. The lowest BCUT2D eigenvalue weighted by atomic mass is 10.1. The third-order valence-corrected chi connectivity index (χ3v) is 5.54. The van der Waals surface area contributed by atoms with Crippen molar-refractivity contribution < 1.29 is 17.2 Å². The summed E-state index contributed by atoms with van der Waals surface area (Å²) < 4.78 is 42.4. The van der Waals surface area contributed by atoms with Crippen molar-refractivity contribution in [1.29, 1.82) is 0 Å².